The van der Waals surface area contributed by atoms with Crippen LogP contribution < -0.4 is 0 Å². The molecule has 0 saturated heterocycles. The lowest BCUT2D eigenvalue weighted by atomic mass is 9.75. The molecule has 0 saturated carbocycles. The largest absolute Gasteiger partial charge is 0.407 e. The Morgan fingerprint density at radius 2 is 1.40 bits per heavy atom. The van der Waals surface area contributed by atoms with Crippen LogP contribution in [0, 0.1) is 16.7 Å². The van der Waals surface area contributed by atoms with Gasteiger partial charge in [0, 0.05) is 5.92 Å². The fraction of sp³-hybridized carbons (Fsp3) is 0.938. The van der Waals surface area contributed by atoms with Crippen LogP contribution in [0.1, 0.15) is 48.5 Å². The first kappa shape index (κ1) is 19.8. The number of carbonyl (C=O) groups excluding carboxylic acids is 1. The number of Topliss-reactive ketones (excluding diaryl/α,β-unsaturated/α-hetero) is 1. The lowest BCUT2D eigenvalue weighted by Crippen LogP contribution is -2.49. The van der Waals surface area contributed by atoms with Crippen LogP contribution in [-0.4, -0.2) is 31.4 Å². The van der Waals surface area contributed by atoms with Crippen LogP contribution in [-0.2, 0) is 9.22 Å². The molecule has 0 aliphatic heterocycles. The Morgan fingerprint density at radius 3 is 1.65 bits per heavy atom. The molecule has 1 N–H and O–H groups in total. The van der Waals surface area contributed by atoms with Crippen molar-refractivity contribution in [1.29, 1.82) is 0 Å². The molecule has 0 amide bonds. The molecule has 0 unspecified atom stereocenters. The van der Waals surface area contributed by atoms with Gasteiger partial charge in [-0.3, -0.25) is 4.79 Å². The van der Waals surface area contributed by atoms with E-state index in [0.717, 1.165) is 0 Å². The van der Waals surface area contributed by atoms with Crippen LogP contribution in [0.5, 0.6) is 0 Å². The van der Waals surface area contributed by atoms with E-state index in [1.54, 1.807) is 0 Å². The number of aliphatic hydroxyl groups is 1. The molecule has 4 heteroatoms. The van der Waals surface area contributed by atoms with E-state index in [1.165, 1.54) is 0 Å². The molecule has 0 aromatic heterocycles. The Morgan fingerprint density at radius 1 is 1.00 bits per heavy atom. The van der Waals surface area contributed by atoms with E-state index >= 15 is 0 Å². The first-order valence-electron chi connectivity index (χ1n) is 7.47. The average Bonchev–Trinajstić information content (AvgIpc) is 2.18. The maximum absolute atomic E-state index is 12.8. The molecule has 120 valence electrons. The predicted molar refractivity (Wildman–Crippen MR) is 87.3 cm³/mol. The molecule has 3 nitrogen and oxygen atoms in total. The van der Waals surface area contributed by atoms with E-state index in [0.29, 0.717) is 0 Å². The van der Waals surface area contributed by atoms with Crippen molar-refractivity contribution in [3.05, 3.63) is 0 Å². The minimum absolute atomic E-state index is 0.0161. The molecule has 0 aliphatic carbocycles. The highest BCUT2D eigenvalue weighted by Crippen LogP contribution is 2.32. The molecule has 0 aliphatic rings. The molecule has 0 aromatic rings. The number of carbonyl (C=O) groups is 1. The smallest absolute Gasteiger partial charge is 0.184 e. The topological polar surface area (TPSA) is 46.5 Å². The van der Waals surface area contributed by atoms with Gasteiger partial charge in [0.15, 0.2) is 14.1 Å². The first-order valence-corrected chi connectivity index (χ1v) is 10.9. The predicted octanol–water partition coefficient (Wildman–Crippen LogP) is 3.86. The molecule has 0 radical (unpaired) electrons. The molecule has 0 aromatic carbocycles. The van der Waals surface area contributed by atoms with Gasteiger partial charge in [0.1, 0.15) is 6.10 Å². The third kappa shape index (κ3) is 6.06. The van der Waals surface area contributed by atoms with Crippen LogP contribution in [0.25, 0.3) is 0 Å². The zero-order valence-corrected chi connectivity index (χ0v) is 16.0. The summed E-state index contributed by atoms with van der Waals surface area (Å²) in [5.41, 5.74) is -0.570. The summed E-state index contributed by atoms with van der Waals surface area (Å²) >= 11 is 0. The van der Waals surface area contributed by atoms with E-state index in [-0.39, 0.29) is 16.6 Å². The minimum atomic E-state index is -1.82. The average molecular weight is 303 g/mol. The van der Waals surface area contributed by atoms with Gasteiger partial charge in [0.2, 0.25) is 0 Å². The van der Waals surface area contributed by atoms with Crippen molar-refractivity contribution in [1.82, 2.24) is 0 Å². The van der Waals surface area contributed by atoms with Gasteiger partial charge >= 0.3 is 0 Å². The summed E-state index contributed by atoms with van der Waals surface area (Å²) in [5.74, 6) is -0.405. The second kappa shape index (κ2) is 6.28. The molecule has 0 heterocycles. The van der Waals surface area contributed by atoms with Crippen molar-refractivity contribution in [2.45, 2.75) is 80.3 Å². The quantitative estimate of drug-likeness (QED) is 0.784. The number of hydrogen-bond acceptors (Lipinski definition) is 3. The van der Waals surface area contributed by atoms with Crippen molar-refractivity contribution >= 4 is 14.1 Å². The van der Waals surface area contributed by atoms with Crippen LogP contribution in [0.2, 0.25) is 19.6 Å². The molecule has 0 spiro atoms. The van der Waals surface area contributed by atoms with Crippen LogP contribution >= 0.6 is 0 Å². The summed E-state index contributed by atoms with van der Waals surface area (Å²) in [4.78, 5) is 12.8. The van der Waals surface area contributed by atoms with E-state index in [9.17, 15) is 9.90 Å². The molecular formula is C16H34O3Si. The minimum Gasteiger partial charge on any atom is -0.407 e. The second-order valence-electron chi connectivity index (χ2n) is 8.98. The summed E-state index contributed by atoms with van der Waals surface area (Å²) < 4.78 is 6.13. The second-order valence-corrected chi connectivity index (χ2v) is 13.4. The van der Waals surface area contributed by atoms with Crippen molar-refractivity contribution in [2.75, 3.05) is 0 Å². The van der Waals surface area contributed by atoms with Crippen molar-refractivity contribution < 1.29 is 14.3 Å². The number of hydrogen-bond donors (Lipinski definition) is 1. The Labute approximate surface area is 126 Å². The highest BCUT2D eigenvalue weighted by molar-refractivity contribution is 6.69. The molecule has 3 atom stereocenters. The molecule has 0 bridgehead atoms. The monoisotopic (exact) mass is 302 g/mol. The highest BCUT2D eigenvalue weighted by atomic mass is 28.4. The van der Waals surface area contributed by atoms with E-state index in [4.69, 9.17) is 4.43 Å². The van der Waals surface area contributed by atoms with Crippen molar-refractivity contribution in [2.24, 2.45) is 16.7 Å². The maximum atomic E-state index is 12.8. The number of aliphatic hydroxyl groups excluding tert-OH is 1. The van der Waals surface area contributed by atoms with Crippen molar-refractivity contribution in [3.63, 3.8) is 0 Å². The summed E-state index contributed by atoms with van der Waals surface area (Å²) in [6, 6.07) is 0. The van der Waals surface area contributed by atoms with Crippen LogP contribution in [0.15, 0.2) is 0 Å². The van der Waals surface area contributed by atoms with E-state index in [1.807, 2.05) is 48.5 Å². The Kier molecular flexibility index (Phi) is 6.22. The normalized spacial score (nSPS) is 18.6. The SMILES string of the molecule is C[C@H](C(=O)[C@@H](O[Si](C)(C)C)C(C)(C)C)[C@H](O)C(C)(C)C. The zero-order valence-electron chi connectivity index (χ0n) is 15.0. The molecule has 20 heavy (non-hydrogen) atoms. The van der Waals surface area contributed by atoms with Gasteiger partial charge in [0.05, 0.1) is 6.10 Å². The van der Waals surface area contributed by atoms with E-state index < -0.39 is 26.4 Å². The van der Waals surface area contributed by atoms with Gasteiger partial charge in [-0.1, -0.05) is 48.5 Å². The third-order valence-electron chi connectivity index (χ3n) is 3.33. The Hall–Kier alpha value is -0.193. The lowest BCUT2D eigenvalue weighted by molar-refractivity contribution is -0.140. The van der Waals surface area contributed by atoms with E-state index in [2.05, 4.69) is 19.6 Å². The molecular weight excluding hydrogens is 268 g/mol. The lowest BCUT2D eigenvalue weighted by Gasteiger charge is -2.38. The standard InChI is InChI=1S/C16H34O3Si/c1-11(13(18)15(2,3)4)12(17)14(16(5,6)7)19-20(8,9)10/h11,13-14,18H,1-10H3/t11-,13+,14-/m1/s1. The Bertz CT molecular complexity index is 331. The van der Waals surface area contributed by atoms with Crippen LogP contribution in [0.4, 0.5) is 0 Å². The van der Waals surface area contributed by atoms with Gasteiger partial charge < -0.3 is 9.53 Å². The van der Waals surface area contributed by atoms with Gasteiger partial charge in [-0.25, -0.2) is 0 Å². The highest BCUT2D eigenvalue weighted by Gasteiger charge is 2.41. The van der Waals surface area contributed by atoms with Crippen molar-refractivity contribution in [3.8, 4) is 0 Å². The van der Waals surface area contributed by atoms with Gasteiger partial charge in [0.25, 0.3) is 0 Å². The van der Waals surface area contributed by atoms with Gasteiger partial charge in [-0.05, 0) is 30.5 Å². The summed E-state index contributed by atoms with van der Waals surface area (Å²) in [5, 5.41) is 10.4. The van der Waals surface area contributed by atoms with Gasteiger partial charge in [-0.2, -0.15) is 0 Å². The Balaban J connectivity index is 5.26. The number of ketones is 1. The summed E-state index contributed by atoms with van der Waals surface area (Å²) in [6.07, 6.45) is -1.12. The number of rotatable bonds is 5. The third-order valence-corrected chi connectivity index (χ3v) is 4.27. The summed E-state index contributed by atoms with van der Waals surface area (Å²) in [7, 11) is -1.82. The molecule has 0 fully saturated rings. The fourth-order valence-corrected chi connectivity index (χ4v) is 3.34. The fourth-order valence-electron chi connectivity index (χ4n) is 2.16. The van der Waals surface area contributed by atoms with Crippen LogP contribution in [0.3, 0.4) is 0 Å². The maximum Gasteiger partial charge on any atom is 0.184 e. The molecule has 0 rings (SSSR count). The van der Waals surface area contributed by atoms with Gasteiger partial charge in [-0.15, -0.1) is 0 Å². The zero-order chi connectivity index (χ0) is 16.5. The summed E-state index contributed by atoms with van der Waals surface area (Å²) in [6.45, 7) is 20.0. The first-order chi connectivity index (χ1) is 8.57.